The number of carboxylic acids is 1. The lowest BCUT2D eigenvalue weighted by atomic mass is 9.99. The Balaban J connectivity index is 2.37. The van der Waals surface area contributed by atoms with Gasteiger partial charge in [0, 0.05) is 18.7 Å². The Bertz CT molecular complexity index is 937. The van der Waals surface area contributed by atoms with Crippen LogP contribution in [0, 0.1) is 5.92 Å². The number of carboxylic acid groups (broad SMARTS) is 1. The van der Waals surface area contributed by atoms with Crippen molar-refractivity contribution in [2.45, 2.75) is 64.3 Å². The van der Waals surface area contributed by atoms with E-state index in [-0.39, 0.29) is 35.3 Å². The van der Waals surface area contributed by atoms with Gasteiger partial charge in [0.05, 0.1) is 26.4 Å². The highest BCUT2D eigenvalue weighted by Gasteiger charge is 2.43. The first-order valence-electron chi connectivity index (χ1n) is 11.7. The molecule has 0 aromatic heterocycles. The summed E-state index contributed by atoms with van der Waals surface area (Å²) >= 11 is 0. The molecule has 0 spiro atoms. The molecule has 1 saturated heterocycles. The van der Waals surface area contributed by atoms with Gasteiger partial charge in [0.1, 0.15) is 23.5 Å². The van der Waals surface area contributed by atoms with E-state index in [1.54, 1.807) is 45.1 Å². The summed E-state index contributed by atoms with van der Waals surface area (Å²) in [6.07, 6.45) is 4.23. The Morgan fingerprint density at radius 1 is 1.11 bits per heavy atom. The number of methoxy groups -OCH3 is 3. The zero-order valence-corrected chi connectivity index (χ0v) is 21.9. The van der Waals surface area contributed by atoms with Crippen molar-refractivity contribution >= 4 is 12.0 Å². The quantitative estimate of drug-likeness (QED) is 0.268. The lowest BCUT2D eigenvalue weighted by Gasteiger charge is -2.20. The van der Waals surface area contributed by atoms with Crippen molar-refractivity contribution in [3.05, 3.63) is 35.4 Å². The number of carbonyl (C=O) groups is 1. The van der Waals surface area contributed by atoms with Crippen molar-refractivity contribution in [2.75, 3.05) is 28.1 Å². The van der Waals surface area contributed by atoms with Gasteiger partial charge < -0.3 is 43.7 Å². The van der Waals surface area contributed by atoms with E-state index >= 15 is 0 Å². The van der Waals surface area contributed by atoms with Gasteiger partial charge in [0.2, 0.25) is 0 Å². The number of hydrogen-bond acceptors (Lipinski definition) is 9. The molecular formula is C26H38O10. The van der Waals surface area contributed by atoms with Gasteiger partial charge in [-0.2, -0.15) is 0 Å². The van der Waals surface area contributed by atoms with Crippen molar-refractivity contribution in [2.24, 2.45) is 5.92 Å². The normalized spacial score (nSPS) is 22.0. The molecular weight excluding hydrogens is 472 g/mol. The molecule has 0 radical (unpaired) electrons. The van der Waals surface area contributed by atoms with Gasteiger partial charge in [0.15, 0.2) is 24.1 Å². The molecule has 1 aliphatic rings. The van der Waals surface area contributed by atoms with Gasteiger partial charge in [-0.15, -0.1) is 0 Å². The lowest BCUT2D eigenvalue weighted by molar-refractivity contribution is -0.152. The molecule has 1 aromatic carbocycles. The maximum Gasteiger partial charge on any atom is 0.340 e. The van der Waals surface area contributed by atoms with Crippen LogP contribution in [0.25, 0.3) is 6.08 Å². The minimum absolute atomic E-state index is 0.0638. The Morgan fingerprint density at radius 3 is 2.36 bits per heavy atom. The van der Waals surface area contributed by atoms with Crippen LogP contribution in [0.2, 0.25) is 0 Å². The summed E-state index contributed by atoms with van der Waals surface area (Å²) in [4.78, 5) is 12.1. The fourth-order valence-electron chi connectivity index (χ4n) is 3.83. The molecule has 3 N–H and O–H groups in total. The molecule has 2 rings (SSSR count). The van der Waals surface area contributed by atoms with Crippen LogP contribution in [-0.4, -0.2) is 79.6 Å². The molecule has 1 fully saturated rings. The average Bonchev–Trinajstić information content (AvgIpc) is 3.14. The first-order valence-corrected chi connectivity index (χ1v) is 11.7. The van der Waals surface area contributed by atoms with Crippen LogP contribution in [0.3, 0.4) is 0 Å². The summed E-state index contributed by atoms with van der Waals surface area (Å²) in [5.41, 5.74) is 0.132. The summed E-state index contributed by atoms with van der Waals surface area (Å²) in [5, 5.41) is 30.3. The van der Waals surface area contributed by atoms with Crippen molar-refractivity contribution in [3.8, 4) is 17.2 Å². The maximum absolute atomic E-state index is 12.1. The van der Waals surface area contributed by atoms with E-state index in [1.165, 1.54) is 27.4 Å². The molecule has 1 aliphatic heterocycles. The third-order valence-electron chi connectivity index (χ3n) is 5.80. The van der Waals surface area contributed by atoms with E-state index < -0.39 is 36.2 Å². The Labute approximate surface area is 212 Å². The average molecular weight is 511 g/mol. The van der Waals surface area contributed by atoms with Gasteiger partial charge in [-0.25, -0.2) is 4.79 Å². The van der Waals surface area contributed by atoms with E-state index in [2.05, 4.69) is 0 Å². The fourth-order valence-corrected chi connectivity index (χ4v) is 3.83. The highest BCUT2D eigenvalue weighted by Crippen LogP contribution is 2.41. The summed E-state index contributed by atoms with van der Waals surface area (Å²) < 4.78 is 33.2. The number of aliphatic hydroxyl groups excluding tert-OH is 2. The largest absolute Gasteiger partial charge is 0.493 e. The predicted molar refractivity (Wildman–Crippen MR) is 132 cm³/mol. The van der Waals surface area contributed by atoms with Crippen molar-refractivity contribution in [1.29, 1.82) is 0 Å². The second-order valence-electron chi connectivity index (χ2n) is 9.01. The van der Waals surface area contributed by atoms with Crippen molar-refractivity contribution in [3.63, 3.8) is 0 Å². The zero-order valence-electron chi connectivity index (χ0n) is 21.9. The second kappa shape index (κ2) is 13.1. The van der Waals surface area contributed by atoms with Crippen LogP contribution in [0.1, 0.15) is 50.0 Å². The minimum atomic E-state index is -1.21. The van der Waals surface area contributed by atoms with Gasteiger partial charge in [-0.05, 0) is 33.1 Å². The van der Waals surface area contributed by atoms with E-state index in [0.29, 0.717) is 12.2 Å². The fraction of sp³-hybridized carbons (Fsp3) is 0.577. The molecule has 202 valence electrons. The number of rotatable bonds is 13. The molecule has 10 heteroatoms. The molecule has 36 heavy (non-hydrogen) atoms. The highest BCUT2D eigenvalue weighted by molar-refractivity contribution is 5.97. The molecule has 0 bridgehead atoms. The van der Waals surface area contributed by atoms with Crippen LogP contribution in [0.4, 0.5) is 0 Å². The molecule has 5 atom stereocenters. The third kappa shape index (κ3) is 7.44. The number of benzene rings is 1. The van der Waals surface area contributed by atoms with E-state index in [1.807, 2.05) is 6.92 Å². The Morgan fingerprint density at radius 2 is 1.81 bits per heavy atom. The zero-order chi connectivity index (χ0) is 27.0. The van der Waals surface area contributed by atoms with Crippen LogP contribution in [0.15, 0.2) is 24.3 Å². The van der Waals surface area contributed by atoms with Gasteiger partial charge in [-0.3, -0.25) is 0 Å². The molecule has 0 aliphatic carbocycles. The molecule has 1 unspecified atom stereocenters. The van der Waals surface area contributed by atoms with Crippen molar-refractivity contribution < 1.29 is 48.5 Å². The topological polar surface area (TPSA) is 133 Å². The van der Waals surface area contributed by atoms with Gasteiger partial charge >= 0.3 is 5.97 Å². The first-order chi connectivity index (χ1) is 16.9. The SMILES string of the molecule is COCOc1cc(OC)c(OC)c(C=CC[C@@H]2OC(C)(C)O[C@@H]2C(O)C=C[C@@H](C)[C@H](C)O)c1C(=O)O. The maximum atomic E-state index is 12.1. The van der Waals surface area contributed by atoms with Crippen LogP contribution in [0.5, 0.6) is 17.2 Å². The standard InChI is InChI=1S/C26H38O10/c1-15(16(2)27)11-12-18(28)24-19(35-26(3,4)36-24)10-8-9-17-22(25(29)30)20(34-14-31-5)13-21(32-6)23(17)33-7/h8-9,11-13,15-16,18-19,24,27-28H,10,14H2,1-7H3,(H,29,30)/t15-,16+,18?,19+,24-/m1/s1. The first kappa shape index (κ1) is 29.6. The lowest BCUT2D eigenvalue weighted by Crippen LogP contribution is -2.34. The van der Waals surface area contributed by atoms with E-state index in [4.69, 9.17) is 28.4 Å². The summed E-state index contributed by atoms with van der Waals surface area (Å²) in [6, 6.07) is 1.43. The van der Waals surface area contributed by atoms with Crippen molar-refractivity contribution in [1.82, 2.24) is 0 Å². The summed E-state index contributed by atoms with van der Waals surface area (Å²) in [6.45, 7) is 6.88. The van der Waals surface area contributed by atoms with E-state index in [0.717, 1.165) is 0 Å². The molecule has 1 heterocycles. The number of hydrogen-bond donors (Lipinski definition) is 3. The Hall–Kier alpha value is -2.63. The summed E-state index contributed by atoms with van der Waals surface area (Å²) in [7, 11) is 4.29. The number of aromatic carboxylic acids is 1. The van der Waals surface area contributed by atoms with Crippen LogP contribution in [-0.2, 0) is 14.2 Å². The van der Waals surface area contributed by atoms with Crippen LogP contribution < -0.4 is 14.2 Å². The van der Waals surface area contributed by atoms with Crippen LogP contribution >= 0.6 is 0 Å². The Kier molecular flexibility index (Phi) is 10.7. The molecule has 0 saturated carbocycles. The monoisotopic (exact) mass is 510 g/mol. The highest BCUT2D eigenvalue weighted by atomic mass is 16.8. The van der Waals surface area contributed by atoms with Gasteiger partial charge in [0.25, 0.3) is 0 Å². The summed E-state index contributed by atoms with van der Waals surface area (Å²) in [5.74, 6) is -1.69. The minimum Gasteiger partial charge on any atom is -0.493 e. The second-order valence-corrected chi connectivity index (χ2v) is 9.01. The molecule has 0 amide bonds. The third-order valence-corrected chi connectivity index (χ3v) is 5.80. The molecule has 1 aromatic rings. The van der Waals surface area contributed by atoms with E-state index in [9.17, 15) is 20.1 Å². The number of aliphatic hydroxyl groups is 2. The smallest absolute Gasteiger partial charge is 0.340 e. The predicted octanol–water partition coefficient (Wildman–Crippen LogP) is 3.24. The molecule has 10 nitrogen and oxygen atoms in total. The number of ether oxygens (including phenoxy) is 6. The van der Waals surface area contributed by atoms with Gasteiger partial charge in [-0.1, -0.05) is 31.2 Å².